The lowest BCUT2D eigenvalue weighted by molar-refractivity contribution is -0.139. The van der Waals surface area contributed by atoms with Crippen molar-refractivity contribution in [1.82, 2.24) is 10.2 Å². The van der Waals surface area contributed by atoms with E-state index in [0.29, 0.717) is 6.54 Å². The van der Waals surface area contributed by atoms with Crippen molar-refractivity contribution in [2.75, 3.05) is 19.7 Å². The minimum Gasteiger partial charge on any atom is -0.394 e. The number of amides is 2. The van der Waals surface area contributed by atoms with Gasteiger partial charge in [0.2, 0.25) is 11.8 Å². The Labute approximate surface area is 115 Å². The van der Waals surface area contributed by atoms with Gasteiger partial charge in [0.05, 0.1) is 18.7 Å². The Hall–Kier alpha value is -1.10. The van der Waals surface area contributed by atoms with E-state index < -0.39 is 11.0 Å². The smallest absolute Gasteiger partial charge is 0.242 e. The Morgan fingerprint density at radius 2 is 2.00 bits per heavy atom. The van der Waals surface area contributed by atoms with Gasteiger partial charge in [-0.3, -0.25) is 9.59 Å². The van der Waals surface area contributed by atoms with Crippen molar-refractivity contribution in [3.63, 3.8) is 0 Å². The normalized spacial score (nSPS) is 23.5. The van der Waals surface area contributed by atoms with E-state index in [9.17, 15) is 14.7 Å². The van der Waals surface area contributed by atoms with Crippen LogP contribution in [-0.2, 0) is 9.59 Å². The molecule has 1 heterocycles. The fourth-order valence-electron chi connectivity index (χ4n) is 2.49. The summed E-state index contributed by atoms with van der Waals surface area (Å²) in [5.74, 6) is -0.239. The van der Waals surface area contributed by atoms with Gasteiger partial charge in [0, 0.05) is 12.0 Å². The first-order valence-electron chi connectivity index (χ1n) is 6.96. The Bertz CT molecular complexity index is 343. The monoisotopic (exact) mass is 270 g/mol. The third-order valence-corrected chi connectivity index (χ3v) is 3.93. The Balaban J connectivity index is 2.61. The third-order valence-electron chi connectivity index (χ3n) is 3.93. The lowest BCUT2D eigenvalue weighted by Gasteiger charge is -2.36. The molecule has 0 saturated carbocycles. The average Bonchev–Trinajstić information content (AvgIpc) is 2.78. The molecule has 1 saturated heterocycles. The van der Waals surface area contributed by atoms with E-state index >= 15 is 0 Å². The molecule has 1 atom stereocenters. The molecule has 0 aliphatic carbocycles. The fourth-order valence-corrected chi connectivity index (χ4v) is 2.49. The van der Waals surface area contributed by atoms with Crippen LogP contribution in [0.3, 0.4) is 0 Å². The summed E-state index contributed by atoms with van der Waals surface area (Å²) >= 11 is 0. The molecule has 1 aliphatic heterocycles. The highest BCUT2D eigenvalue weighted by molar-refractivity contribution is 5.87. The molecule has 2 amide bonds. The summed E-state index contributed by atoms with van der Waals surface area (Å²) in [5, 5.41) is 12.2. The fraction of sp³-hybridized carbons (Fsp3) is 0.857. The van der Waals surface area contributed by atoms with E-state index in [1.807, 2.05) is 27.7 Å². The van der Waals surface area contributed by atoms with Crippen LogP contribution < -0.4 is 5.32 Å². The van der Waals surface area contributed by atoms with Crippen molar-refractivity contribution in [3.05, 3.63) is 0 Å². The lowest BCUT2D eigenvalue weighted by atomic mass is 9.93. The van der Waals surface area contributed by atoms with Crippen LogP contribution in [-0.4, -0.2) is 47.1 Å². The molecule has 110 valence electrons. The molecule has 0 spiro atoms. The molecule has 1 fully saturated rings. The largest absolute Gasteiger partial charge is 0.394 e. The second kappa shape index (κ2) is 5.90. The third kappa shape index (κ3) is 3.47. The summed E-state index contributed by atoms with van der Waals surface area (Å²) < 4.78 is 0. The minimum atomic E-state index is -0.496. The standard InChI is InChI=1S/C14H26N2O3/c1-5-14(10-17)7-6-8-16(14)11(18)9-15-12(19)13(2,3)4/h17H,5-10H2,1-4H3,(H,15,19)/t14-/m1/s1. The van der Waals surface area contributed by atoms with Gasteiger partial charge in [0.25, 0.3) is 0 Å². The highest BCUT2D eigenvalue weighted by Gasteiger charge is 2.41. The maximum atomic E-state index is 12.2. The maximum absolute atomic E-state index is 12.2. The van der Waals surface area contributed by atoms with Crippen LogP contribution in [0.2, 0.25) is 0 Å². The molecule has 1 aliphatic rings. The molecule has 0 aromatic heterocycles. The predicted octanol–water partition coefficient (Wildman–Crippen LogP) is 0.912. The van der Waals surface area contributed by atoms with Gasteiger partial charge in [0.15, 0.2) is 0 Å². The van der Waals surface area contributed by atoms with Gasteiger partial charge in [0.1, 0.15) is 0 Å². The van der Waals surface area contributed by atoms with Gasteiger partial charge >= 0.3 is 0 Å². The summed E-state index contributed by atoms with van der Waals surface area (Å²) in [6.45, 7) is 8.08. The van der Waals surface area contributed by atoms with E-state index in [-0.39, 0.29) is 25.0 Å². The first-order chi connectivity index (χ1) is 8.77. The summed E-state index contributed by atoms with van der Waals surface area (Å²) in [4.78, 5) is 25.7. The minimum absolute atomic E-state index is 0.0115. The number of rotatable bonds is 4. The molecular formula is C14H26N2O3. The van der Waals surface area contributed by atoms with Crippen molar-refractivity contribution < 1.29 is 14.7 Å². The molecule has 0 unspecified atom stereocenters. The Morgan fingerprint density at radius 3 is 2.47 bits per heavy atom. The average molecular weight is 270 g/mol. The molecule has 5 heteroatoms. The second-order valence-electron chi connectivity index (χ2n) is 6.32. The molecule has 0 bridgehead atoms. The molecule has 2 N–H and O–H groups in total. The van der Waals surface area contributed by atoms with Crippen LogP contribution in [0.5, 0.6) is 0 Å². The summed E-state index contributed by atoms with van der Waals surface area (Å²) in [5.41, 5.74) is -0.923. The number of likely N-dealkylation sites (tertiary alicyclic amines) is 1. The van der Waals surface area contributed by atoms with Crippen molar-refractivity contribution in [3.8, 4) is 0 Å². The number of aliphatic hydroxyl groups is 1. The van der Waals surface area contributed by atoms with Crippen LogP contribution in [0.15, 0.2) is 0 Å². The molecule has 0 aromatic carbocycles. The van der Waals surface area contributed by atoms with E-state index in [1.54, 1.807) is 4.90 Å². The Kier molecular flexibility index (Phi) is 4.96. The predicted molar refractivity (Wildman–Crippen MR) is 73.5 cm³/mol. The van der Waals surface area contributed by atoms with Gasteiger partial charge in [-0.2, -0.15) is 0 Å². The summed E-state index contributed by atoms with van der Waals surface area (Å²) in [6, 6.07) is 0. The van der Waals surface area contributed by atoms with E-state index in [2.05, 4.69) is 5.32 Å². The van der Waals surface area contributed by atoms with Gasteiger partial charge < -0.3 is 15.3 Å². The molecule has 1 rings (SSSR count). The first kappa shape index (κ1) is 16.0. The summed E-state index contributed by atoms with van der Waals surface area (Å²) in [6.07, 6.45) is 2.48. The SMILES string of the molecule is CC[C@]1(CO)CCCN1C(=O)CNC(=O)C(C)(C)C. The van der Waals surface area contributed by atoms with Crippen molar-refractivity contribution in [2.24, 2.45) is 5.41 Å². The molecule has 19 heavy (non-hydrogen) atoms. The zero-order valence-corrected chi connectivity index (χ0v) is 12.5. The number of hydrogen-bond acceptors (Lipinski definition) is 3. The van der Waals surface area contributed by atoms with Gasteiger partial charge in [-0.05, 0) is 19.3 Å². The lowest BCUT2D eigenvalue weighted by Crippen LogP contribution is -2.53. The van der Waals surface area contributed by atoms with Gasteiger partial charge in [-0.1, -0.05) is 27.7 Å². The van der Waals surface area contributed by atoms with Crippen LogP contribution >= 0.6 is 0 Å². The molecule has 0 radical (unpaired) electrons. The molecular weight excluding hydrogens is 244 g/mol. The van der Waals surface area contributed by atoms with Crippen LogP contribution in [0.1, 0.15) is 47.0 Å². The van der Waals surface area contributed by atoms with E-state index in [1.165, 1.54) is 0 Å². The Morgan fingerprint density at radius 1 is 1.37 bits per heavy atom. The number of aliphatic hydroxyl groups excluding tert-OH is 1. The second-order valence-corrected chi connectivity index (χ2v) is 6.32. The molecule has 5 nitrogen and oxygen atoms in total. The van der Waals surface area contributed by atoms with E-state index in [0.717, 1.165) is 19.3 Å². The number of carbonyl (C=O) groups excluding carboxylic acids is 2. The van der Waals surface area contributed by atoms with Crippen molar-refractivity contribution in [1.29, 1.82) is 0 Å². The van der Waals surface area contributed by atoms with Crippen molar-refractivity contribution >= 4 is 11.8 Å². The maximum Gasteiger partial charge on any atom is 0.242 e. The van der Waals surface area contributed by atoms with Crippen molar-refractivity contribution in [2.45, 2.75) is 52.5 Å². The zero-order valence-electron chi connectivity index (χ0n) is 12.5. The highest BCUT2D eigenvalue weighted by Crippen LogP contribution is 2.31. The summed E-state index contributed by atoms with van der Waals surface area (Å²) in [7, 11) is 0. The van der Waals surface area contributed by atoms with Crippen LogP contribution in [0.4, 0.5) is 0 Å². The quantitative estimate of drug-likeness (QED) is 0.798. The number of carbonyl (C=O) groups is 2. The highest BCUT2D eigenvalue weighted by atomic mass is 16.3. The number of hydrogen-bond donors (Lipinski definition) is 2. The zero-order chi connectivity index (χ0) is 14.7. The number of nitrogens with one attached hydrogen (secondary N) is 1. The molecule has 0 aromatic rings. The topological polar surface area (TPSA) is 69.6 Å². The van der Waals surface area contributed by atoms with Gasteiger partial charge in [-0.15, -0.1) is 0 Å². The van der Waals surface area contributed by atoms with Crippen LogP contribution in [0.25, 0.3) is 0 Å². The first-order valence-corrected chi connectivity index (χ1v) is 6.96. The number of nitrogens with zero attached hydrogens (tertiary/aromatic N) is 1. The van der Waals surface area contributed by atoms with E-state index in [4.69, 9.17) is 0 Å². The van der Waals surface area contributed by atoms with Gasteiger partial charge in [-0.25, -0.2) is 0 Å². The van der Waals surface area contributed by atoms with Crippen LogP contribution in [0, 0.1) is 5.41 Å².